The van der Waals surface area contributed by atoms with Crippen LogP contribution in [-0.2, 0) is 19.2 Å². The van der Waals surface area contributed by atoms with Crippen LogP contribution in [0, 0.1) is 10.1 Å². The molecule has 0 atom stereocenters. The Kier molecular flexibility index (Phi) is 5.16. The Bertz CT molecular complexity index is 768. The Hall–Kier alpha value is -3.23. The number of carbonyl (C=O) groups excluding carboxylic acids is 3. The van der Waals surface area contributed by atoms with Crippen molar-refractivity contribution in [2.75, 3.05) is 19.0 Å². The summed E-state index contributed by atoms with van der Waals surface area (Å²) in [5.74, 6) is -2.10. The Morgan fingerprint density at radius 2 is 1.88 bits per heavy atom. The number of hydrogen-bond acceptors (Lipinski definition) is 7. The monoisotopic (exact) mass is 347 g/mol. The number of nitro groups is 1. The van der Waals surface area contributed by atoms with Crippen LogP contribution in [0.4, 0.5) is 11.4 Å². The SMILES string of the molecule is CC(=Cc1ccc(N(C)C)cc1[N+](=O)[O-])C(=O)ON1C(=O)CCC1=O. The van der Waals surface area contributed by atoms with Crippen molar-refractivity contribution in [3.05, 3.63) is 39.4 Å². The molecule has 25 heavy (non-hydrogen) atoms. The summed E-state index contributed by atoms with van der Waals surface area (Å²) in [6, 6.07) is 4.57. The van der Waals surface area contributed by atoms with E-state index >= 15 is 0 Å². The van der Waals surface area contributed by atoms with E-state index in [-0.39, 0.29) is 29.7 Å². The molecule has 1 fully saturated rings. The summed E-state index contributed by atoms with van der Waals surface area (Å²) in [6.45, 7) is 1.39. The van der Waals surface area contributed by atoms with Gasteiger partial charge >= 0.3 is 5.97 Å². The molecule has 1 aromatic rings. The molecule has 1 aliphatic heterocycles. The fourth-order valence-electron chi connectivity index (χ4n) is 2.20. The van der Waals surface area contributed by atoms with E-state index in [1.54, 1.807) is 25.1 Å². The molecule has 2 amide bonds. The third-order valence-electron chi connectivity index (χ3n) is 3.60. The molecule has 1 aliphatic rings. The summed E-state index contributed by atoms with van der Waals surface area (Å²) < 4.78 is 0. The number of nitrogens with zero attached hydrogens (tertiary/aromatic N) is 3. The number of nitro benzene ring substituents is 1. The smallest absolute Gasteiger partial charge is 0.359 e. The van der Waals surface area contributed by atoms with Crippen LogP contribution >= 0.6 is 0 Å². The van der Waals surface area contributed by atoms with E-state index in [4.69, 9.17) is 4.84 Å². The van der Waals surface area contributed by atoms with E-state index in [0.717, 1.165) is 0 Å². The van der Waals surface area contributed by atoms with Crippen LogP contribution in [0.25, 0.3) is 6.08 Å². The number of carbonyl (C=O) groups is 3. The summed E-state index contributed by atoms with van der Waals surface area (Å²) in [5.41, 5.74) is 0.696. The molecule has 0 unspecified atom stereocenters. The number of hydroxylamine groups is 2. The van der Waals surface area contributed by atoms with Crippen molar-refractivity contribution >= 4 is 35.2 Å². The van der Waals surface area contributed by atoms with Crippen molar-refractivity contribution in [3.63, 3.8) is 0 Å². The maximum Gasteiger partial charge on any atom is 0.359 e. The van der Waals surface area contributed by atoms with Crippen LogP contribution < -0.4 is 4.90 Å². The largest absolute Gasteiger partial charge is 0.377 e. The Labute approximate surface area is 143 Å². The lowest BCUT2D eigenvalue weighted by atomic mass is 10.1. The van der Waals surface area contributed by atoms with E-state index < -0.39 is 22.7 Å². The van der Waals surface area contributed by atoms with Crippen molar-refractivity contribution in [2.24, 2.45) is 0 Å². The molecular weight excluding hydrogens is 330 g/mol. The number of anilines is 1. The van der Waals surface area contributed by atoms with Gasteiger partial charge in [-0.15, -0.1) is 5.06 Å². The summed E-state index contributed by atoms with van der Waals surface area (Å²) in [4.78, 5) is 52.2. The van der Waals surface area contributed by atoms with Crippen LogP contribution in [0.15, 0.2) is 23.8 Å². The first-order valence-electron chi connectivity index (χ1n) is 7.43. The van der Waals surface area contributed by atoms with E-state index in [1.165, 1.54) is 25.1 Å². The van der Waals surface area contributed by atoms with Gasteiger partial charge in [0.15, 0.2) is 0 Å². The molecule has 1 saturated heterocycles. The summed E-state index contributed by atoms with van der Waals surface area (Å²) in [5, 5.41) is 11.7. The van der Waals surface area contributed by atoms with Gasteiger partial charge in [0.2, 0.25) is 0 Å². The maximum absolute atomic E-state index is 12.0. The Morgan fingerprint density at radius 1 is 1.28 bits per heavy atom. The molecule has 0 radical (unpaired) electrons. The molecule has 0 saturated carbocycles. The quantitative estimate of drug-likeness (QED) is 0.345. The van der Waals surface area contributed by atoms with Crippen molar-refractivity contribution in [1.29, 1.82) is 0 Å². The third kappa shape index (κ3) is 4.00. The molecule has 132 valence electrons. The highest BCUT2D eigenvalue weighted by Crippen LogP contribution is 2.27. The van der Waals surface area contributed by atoms with Gasteiger partial charge in [-0.1, -0.05) is 0 Å². The second-order valence-corrected chi connectivity index (χ2v) is 5.68. The molecule has 1 heterocycles. The van der Waals surface area contributed by atoms with Crippen molar-refractivity contribution in [3.8, 4) is 0 Å². The standard InChI is InChI=1S/C16H17N3O6/c1-10(16(22)25-18-14(20)6-7-15(18)21)8-11-4-5-12(17(2)3)9-13(11)19(23)24/h4-5,8-9H,6-7H2,1-3H3. The predicted molar refractivity (Wildman–Crippen MR) is 88.3 cm³/mol. The van der Waals surface area contributed by atoms with Gasteiger partial charge < -0.3 is 9.74 Å². The molecule has 2 rings (SSSR count). The third-order valence-corrected chi connectivity index (χ3v) is 3.60. The fraction of sp³-hybridized carbons (Fsp3) is 0.312. The zero-order valence-corrected chi connectivity index (χ0v) is 14.0. The number of hydrogen-bond donors (Lipinski definition) is 0. The first kappa shape index (κ1) is 18.1. The van der Waals surface area contributed by atoms with Gasteiger partial charge in [-0.25, -0.2) is 4.79 Å². The summed E-state index contributed by atoms with van der Waals surface area (Å²) in [7, 11) is 3.50. The van der Waals surface area contributed by atoms with Crippen LogP contribution in [0.3, 0.4) is 0 Å². The van der Waals surface area contributed by atoms with E-state index in [0.29, 0.717) is 10.8 Å². The highest BCUT2D eigenvalue weighted by atomic mass is 16.7. The molecule has 0 spiro atoms. The second-order valence-electron chi connectivity index (χ2n) is 5.68. The first-order chi connectivity index (χ1) is 11.7. The van der Waals surface area contributed by atoms with Gasteiger partial charge in [0.1, 0.15) is 0 Å². The highest BCUT2D eigenvalue weighted by Gasteiger charge is 2.33. The van der Waals surface area contributed by atoms with E-state index in [2.05, 4.69) is 0 Å². The minimum absolute atomic E-state index is 0.00759. The van der Waals surface area contributed by atoms with Crippen molar-refractivity contribution in [1.82, 2.24) is 5.06 Å². The lowest BCUT2D eigenvalue weighted by Gasteiger charge is -2.13. The van der Waals surface area contributed by atoms with E-state index in [9.17, 15) is 24.5 Å². The van der Waals surface area contributed by atoms with Crippen molar-refractivity contribution in [2.45, 2.75) is 19.8 Å². The van der Waals surface area contributed by atoms with Crippen LogP contribution in [0.2, 0.25) is 0 Å². The number of imide groups is 1. The number of amides is 2. The van der Waals surface area contributed by atoms with Crippen LogP contribution in [0.5, 0.6) is 0 Å². The van der Waals surface area contributed by atoms with Gasteiger partial charge in [0, 0.05) is 44.3 Å². The summed E-state index contributed by atoms with van der Waals surface area (Å²) in [6.07, 6.45) is 1.27. The molecule has 0 bridgehead atoms. The fourth-order valence-corrected chi connectivity index (χ4v) is 2.20. The molecule has 9 nitrogen and oxygen atoms in total. The van der Waals surface area contributed by atoms with Gasteiger partial charge in [-0.2, -0.15) is 0 Å². The van der Waals surface area contributed by atoms with Crippen LogP contribution in [0.1, 0.15) is 25.3 Å². The van der Waals surface area contributed by atoms with Crippen LogP contribution in [-0.4, -0.2) is 41.9 Å². The predicted octanol–water partition coefficient (Wildman–Crippen LogP) is 1.67. The second kappa shape index (κ2) is 7.12. The maximum atomic E-state index is 12.0. The topological polar surface area (TPSA) is 110 Å². The van der Waals surface area contributed by atoms with Gasteiger partial charge in [-0.05, 0) is 25.1 Å². The van der Waals surface area contributed by atoms with Gasteiger partial charge in [0.05, 0.1) is 10.5 Å². The Balaban J connectivity index is 2.26. The first-order valence-corrected chi connectivity index (χ1v) is 7.43. The zero-order valence-electron chi connectivity index (χ0n) is 14.0. The average Bonchev–Trinajstić information content (AvgIpc) is 2.86. The van der Waals surface area contributed by atoms with Gasteiger partial charge in [0.25, 0.3) is 17.5 Å². The zero-order chi connectivity index (χ0) is 18.7. The number of benzene rings is 1. The molecular formula is C16H17N3O6. The van der Waals surface area contributed by atoms with E-state index in [1.807, 2.05) is 0 Å². The molecule has 1 aromatic carbocycles. The molecule has 9 heteroatoms. The summed E-state index contributed by atoms with van der Waals surface area (Å²) >= 11 is 0. The highest BCUT2D eigenvalue weighted by molar-refractivity contribution is 6.03. The van der Waals surface area contributed by atoms with Crippen molar-refractivity contribution < 1.29 is 24.1 Å². The lowest BCUT2D eigenvalue weighted by Crippen LogP contribution is -2.32. The van der Waals surface area contributed by atoms with Gasteiger partial charge in [-0.3, -0.25) is 19.7 Å². The lowest BCUT2D eigenvalue weighted by molar-refractivity contribution is -0.385. The number of rotatable bonds is 5. The average molecular weight is 347 g/mol. The molecule has 0 aliphatic carbocycles. The normalized spacial score (nSPS) is 14.7. The molecule has 0 aromatic heterocycles. The Morgan fingerprint density at radius 3 is 2.40 bits per heavy atom. The minimum Gasteiger partial charge on any atom is -0.377 e. The molecule has 0 N–H and O–H groups in total. The minimum atomic E-state index is -0.922.